The summed E-state index contributed by atoms with van der Waals surface area (Å²) in [6.07, 6.45) is 1.29. The number of rotatable bonds is 4. The maximum Gasteiger partial charge on any atom is 0.304 e. The van der Waals surface area contributed by atoms with Crippen LogP contribution in [0.25, 0.3) is 0 Å². The number of hydrogen-bond donors (Lipinski definition) is 1. The van der Waals surface area contributed by atoms with Crippen LogP contribution in [0.15, 0.2) is 11.6 Å². The van der Waals surface area contributed by atoms with E-state index in [1.54, 1.807) is 5.38 Å². The molecule has 1 rings (SSSR count). The lowest BCUT2D eigenvalue weighted by atomic mass is 10.2. The third kappa shape index (κ3) is 2.89. The fraction of sp³-hybridized carbons (Fsp3) is 0.286. The molecular formula is C7H6BrNO3S. The zero-order valence-corrected chi connectivity index (χ0v) is 8.84. The molecule has 0 aliphatic carbocycles. The number of aliphatic carboxylic acids is 1. The summed E-state index contributed by atoms with van der Waals surface area (Å²) in [6, 6.07) is 0. The van der Waals surface area contributed by atoms with E-state index in [1.807, 2.05) is 0 Å². The van der Waals surface area contributed by atoms with Crippen LogP contribution in [-0.2, 0) is 4.79 Å². The fourth-order valence-corrected chi connectivity index (χ4v) is 2.00. The van der Waals surface area contributed by atoms with Crippen molar-refractivity contribution in [3.63, 3.8) is 0 Å². The Morgan fingerprint density at radius 2 is 2.38 bits per heavy atom. The smallest absolute Gasteiger partial charge is 0.304 e. The number of hydrogen-bond acceptors (Lipinski definition) is 4. The van der Waals surface area contributed by atoms with Gasteiger partial charge in [-0.1, -0.05) is 15.9 Å². The second-order valence-corrected chi connectivity index (χ2v) is 4.27. The molecular weight excluding hydrogens is 258 g/mol. The number of ketones is 1. The number of carbonyl (C=O) groups excluding carboxylic acids is 1. The lowest BCUT2D eigenvalue weighted by Crippen LogP contribution is -2.17. The fourth-order valence-electron chi connectivity index (χ4n) is 0.725. The number of carboxylic acids is 1. The maximum absolute atomic E-state index is 11.4. The van der Waals surface area contributed by atoms with Crippen molar-refractivity contribution >= 4 is 39.0 Å². The van der Waals surface area contributed by atoms with Gasteiger partial charge in [0.05, 0.1) is 11.2 Å². The van der Waals surface area contributed by atoms with Gasteiger partial charge in [-0.15, -0.1) is 11.3 Å². The number of nitrogens with zero attached hydrogens (tertiary/aromatic N) is 1. The highest BCUT2D eigenvalue weighted by molar-refractivity contribution is 9.10. The normalized spacial score (nSPS) is 12.4. The molecule has 0 spiro atoms. The third-order valence-electron chi connectivity index (χ3n) is 1.28. The molecule has 0 aliphatic heterocycles. The molecule has 1 aromatic rings. The monoisotopic (exact) mass is 263 g/mol. The van der Waals surface area contributed by atoms with Gasteiger partial charge in [0.15, 0.2) is 5.01 Å². The first kappa shape index (κ1) is 10.3. The molecule has 0 radical (unpaired) electrons. The number of Topliss-reactive ketones (excluding diaryl/α,β-unsaturated/α-hetero) is 1. The maximum atomic E-state index is 11.4. The highest BCUT2D eigenvalue weighted by Gasteiger charge is 2.21. The van der Waals surface area contributed by atoms with Crippen LogP contribution < -0.4 is 0 Å². The van der Waals surface area contributed by atoms with Crippen molar-refractivity contribution < 1.29 is 14.7 Å². The number of aromatic nitrogens is 1. The Morgan fingerprint density at radius 3 is 2.85 bits per heavy atom. The van der Waals surface area contributed by atoms with E-state index in [9.17, 15) is 9.59 Å². The SMILES string of the molecule is O=C(O)CC(Br)C(=O)c1nccs1. The molecule has 0 amide bonds. The predicted molar refractivity (Wildman–Crippen MR) is 51.4 cm³/mol. The van der Waals surface area contributed by atoms with Crippen molar-refractivity contribution in [2.24, 2.45) is 0 Å². The minimum absolute atomic E-state index is 0.224. The lowest BCUT2D eigenvalue weighted by molar-refractivity contribution is -0.136. The lowest BCUT2D eigenvalue weighted by Gasteiger charge is -2.01. The Hall–Kier alpha value is -0.750. The van der Waals surface area contributed by atoms with Crippen LogP contribution in [0, 0.1) is 0 Å². The highest BCUT2D eigenvalue weighted by Crippen LogP contribution is 2.15. The quantitative estimate of drug-likeness (QED) is 0.662. The van der Waals surface area contributed by atoms with E-state index < -0.39 is 10.8 Å². The second kappa shape index (κ2) is 4.48. The summed E-state index contributed by atoms with van der Waals surface area (Å²) in [5, 5.41) is 10.4. The van der Waals surface area contributed by atoms with Gasteiger partial charge in [0, 0.05) is 11.6 Å². The molecule has 0 aromatic carbocycles. The van der Waals surface area contributed by atoms with Crippen LogP contribution in [0.2, 0.25) is 0 Å². The number of carbonyl (C=O) groups is 2. The molecule has 1 atom stereocenters. The zero-order valence-electron chi connectivity index (χ0n) is 6.44. The van der Waals surface area contributed by atoms with Crippen molar-refractivity contribution in [2.75, 3.05) is 0 Å². The summed E-state index contributed by atoms with van der Waals surface area (Å²) in [4.78, 5) is 24.8. The highest BCUT2D eigenvalue weighted by atomic mass is 79.9. The van der Waals surface area contributed by atoms with E-state index in [1.165, 1.54) is 17.5 Å². The van der Waals surface area contributed by atoms with E-state index in [0.717, 1.165) is 0 Å². The van der Waals surface area contributed by atoms with E-state index in [-0.39, 0.29) is 12.2 Å². The van der Waals surface area contributed by atoms with Crippen molar-refractivity contribution in [1.29, 1.82) is 0 Å². The van der Waals surface area contributed by atoms with Crippen LogP contribution in [0.1, 0.15) is 16.2 Å². The van der Waals surface area contributed by atoms with Gasteiger partial charge in [-0.3, -0.25) is 9.59 Å². The minimum Gasteiger partial charge on any atom is -0.481 e. The minimum atomic E-state index is -1.01. The molecule has 0 aliphatic rings. The molecule has 13 heavy (non-hydrogen) atoms. The number of carboxylic acid groups (broad SMARTS) is 1. The Bertz CT molecular complexity index is 312. The van der Waals surface area contributed by atoms with Crippen molar-refractivity contribution in [1.82, 2.24) is 4.98 Å². The Labute approximate surface area is 86.7 Å². The average molecular weight is 264 g/mol. The standard InChI is InChI=1S/C7H6BrNO3S/c8-4(3-5(10)11)6(12)7-9-1-2-13-7/h1-2,4H,3H2,(H,10,11). The molecule has 0 bridgehead atoms. The first-order valence-corrected chi connectivity index (χ1v) is 5.20. The van der Waals surface area contributed by atoms with Gasteiger partial charge in [-0.05, 0) is 0 Å². The second-order valence-electron chi connectivity index (χ2n) is 2.27. The summed E-state index contributed by atoms with van der Waals surface area (Å²) in [7, 11) is 0. The summed E-state index contributed by atoms with van der Waals surface area (Å²) in [5.74, 6) is -1.29. The van der Waals surface area contributed by atoms with Gasteiger partial charge < -0.3 is 5.11 Å². The van der Waals surface area contributed by atoms with E-state index in [2.05, 4.69) is 20.9 Å². The predicted octanol–water partition coefficient (Wildman–Crippen LogP) is 1.56. The van der Waals surface area contributed by atoms with E-state index in [4.69, 9.17) is 5.11 Å². The summed E-state index contributed by atoms with van der Waals surface area (Å²) in [5.41, 5.74) is 0. The molecule has 70 valence electrons. The van der Waals surface area contributed by atoms with E-state index in [0.29, 0.717) is 5.01 Å². The summed E-state index contributed by atoms with van der Waals surface area (Å²) < 4.78 is 0. The number of alkyl halides is 1. The topological polar surface area (TPSA) is 67.3 Å². The van der Waals surface area contributed by atoms with Crippen LogP contribution >= 0.6 is 27.3 Å². The molecule has 0 fully saturated rings. The van der Waals surface area contributed by atoms with Crippen LogP contribution in [0.5, 0.6) is 0 Å². The molecule has 0 saturated carbocycles. The van der Waals surface area contributed by atoms with Crippen molar-refractivity contribution in [3.05, 3.63) is 16.6 Å². The first-order valence-electron chi connectivity index (χ1n) is 3.41. The summed E-state index contributed by atoms with van der Waals surface area (Å²) in [6.45, 7) is 0. The van der Waals surface area contributed by atoms with Crippen molar-refractivity contribution in [2.45, 2.75) is 11.2 Å². The van der Waals surface area contributed by atoms with Gasteiger partial charge in [0.2, 0.25) is 5.78 Å². The van der Waals surface area contributed by atoms with Crippen LogP contribution in [-0.4, -0.2) is 26.7 Å². The average Bonchev–Trinajstić information content (AvgIpc) is 2.53. The molecule has 1 aromatic heterocycles. The van der Waals surface area contributed by atoms with Crippen molar-refractivity contribution in [3.8, 4) is 0 Å². The largest absolute Gasteiger partial charge is 0.481 e. The first-order chi connectivity index (χ1) is 6.11. The molecule has 6 heteroatoms. The van der Waals surface area contributed by atoms with Gasteiger partial charge in [0.25, 0.3) is 0 Å². The number of halogens is 1. The van der Waals surface area contributed by atoms with Gasteiger partial charge >= 0.3 is 5.97 Å². The molecule has 1 unspecified atom stereocenters. The molecule has 0 saturated heterocycles. The van der Waals surface area contributed by atoms with Crippen LogP contribution in [0.3, 0.4) is 0 Å². The molecule has 4 nitrogen and oxygen atoms in total. The third-order valence-corrected chi connectivity index (χ3v) is 2.81. The van der Waals surface area contributed by atoms with Crippen LogP contribution in [0.4, 0.5) is 0 Å². The van der Waals surface area contributed by atoms with Gasteiger partial charge in [-0.2, -0.15) is 0 Å². The molecule has 1 heterocycles. The van der Waals surface area contributed by atoms with E-state index >= 15 is 0 Å². The Balaban J connectivity index is 2.63. The Kier molecular flexibility index (Phi) is 3.56. The Morgan fingerprint density at radius 1 is 1.69 bits per heavy atom. The summed E-state index contributed by atoms with van der Waals surface area (Å²) >= 11 is 4.20. The van der Waals surface area contributed by atoms with Gasteiger partial charge in [0.1, 0.15) is 0 Å². The molecule has 1 N–H and O–H groups in total. The zero-order chi connectivity index (χ0) is 9.84. The van der Waals surface area contributed by atoms with Gasteiger partial charge in [-0.25, -0.2) is 4.98 Å². The number of thiazole rings is 1.